The monoisotopic (exact) mass is 282 g/mol. The fourth-order valence-corrected chi connectivity index (χ4v) is 2.59. The molecule has 5 heteroatoms. The Kier molecular flexibility index (Phi) is 5.11. The number of anilines is 1. The van der Waals surface area contributed by atoms with E-state index in [1.54, 1.807) is 31.2 Å². The average Bonchev–Trinajstić information content (AvgIpc) is 2.36. The molecule has 1 rings (SSSR count). The van der Waals surface area contributed by atoms with Crippen LogP contribution in [0.1, 0.15) is 34.1 Å². The van der Waals surface area contributed by atoms with Crippen LogP contribution in [0.4, 0.5) is 5.69 Å². The van der Waals surface area contributed by atoms with Gasteiger partial charge in [-0.25, -0.2) is 0 Å². The summed E-state index contributed by atoms with van der Waals surface area (Å²) in [5, 5.41) is 2.30. The van der Waals surface area contributed by atoms with Crippen LogP contribution >= 0.6 is 0 Å². The van der Waals surface area contributed by atoms with Crippen molar-refractivity contribution in [1.29, 1.82) is 0 Å². The van der Waals surface area contributed by atoms with E-state index in [-0.39, 0.29) is 11.4 Å². The molecule has 0 heterocycles. The first-order valence-corrected chi connectivity index (χ1v) is 7.56. The molecular formula is C14H22N2O2S. The van der Waals surface area contributed by atoms with Crippen LogP contribution in [-0.2, 0) is 15.6 Å². The second-order valence-electron chi connectivity index (χ2n) is 5.24. The summed E-state index contributed by atoms with van der Waals surface area (Å²) in [7, 11) is -1.40. The molecule has 0 bridgehead atoms. The minimum absolute atomic E-state index is 0.201. The Labute approximate surface area is 117 Å². The van der Waals surface area contributed by atoms with E-state index in [1.807, 2.05) is 20.8 Å². The van der Waals surface area contributed by atoms with Gasteiger partial charge in [0.05, 0.1) is 10.8 Å². The number of nitrogens with one attached hydrogen (secondary N) is 1. The number of nitrogen functional groups attached to an aromatic ring is 1. The Bertz CT molecular complexity index is 486. The van der Waals surface area contributed by atoms with E-state index in [0.717, 1.165) is 6.42 Å². The molecule has 2 unspecified atom stereocenters. The molecule has 0 aliphatic heterocycles. The van der Waals surface area contributed by atoms with Gasteiger partial charge in [0, 0.05) is 16.1 Å². The third-order valence-electron chi connectivity index (χ3n) is 3.13. The van der Waals surface area contributed by atoms with Crippen molar-refractivity contribution in [3.05, 3.63) is 24.3 Å². The first kappa shape index (κ1) is 15.7. The topological polar surface area (TPSA) is 72.2 Å². The molecular weight excluding hydrogens is 260 g/mol. The van der Waals surface area contributed by atoms with Crippen LogP contribution in [0.3, 0.4) is 0 Å². The molecule has 1 amide bonds. The van der Waals surface area contributed by atoms with E-state index < -0.39 is 16.0 Å². The van der Waals surface area contributed by atoms with E-state index in [2.05, 4.69) is 5.32 Å². The van der Waals surface area contributed by atoms with E-state index in [1.165, 1.54) is 0 Å². The van der Waals surface area contributed by atoms with Crippen molar-refractivity contribution in [2.75, 3.05) is 5.73 Å². The van der Waals surface area contributed by atoms with Crippen LogP contribution < -0.4 is 11.1 Å². The summed E-state index contributed by atoms with van der Waals surface area (Å²) in [6, 6.07) is 6.83. The number of benzene rings is 1. The van der Waals surface area contributed by atoms with Gasteiger partial charge in [-0.3, -0.25) is 9.00 Å². The van der Waals surface area contributed by atoms with E-state index >= 15 is 0 Å². The maximum atomic E-state index is 12.3. The van der Waals surface area contributed by atoms with Gasteiger partial charge in [0.2, 0.25) is 5.91 Å². The molecule has 0 aliphatic carbocycles. The summed E-state index contributed by atoms with van der Waals surface area (Å²) < 4.78 is 12.3. The molecule has 1 aromatic rings. The molecule has 0 saturated carbocycles. The van der Waals surface area contributed by atoms with Gasteiger partial charge in [0.15, 0.2) is 0 Å². The first-order valence-electron chi connectivity index (χ1n) is 6.35. The van der Waals surface area contributed by atoms with Crippen LogP contribution in [0.5, 0.6) is 0 Å². The number of amides is 1. The highest BCUT2D eigenvalue weighted by Gasteiger charge is 2.26. The van der Waals surface area contributed by atoms with E-state index in [0.29, 0.717) is 10.6 Å². The molecule has 106 valence electrons. The highest BCUT2D eigenvalue weighted by Crippen LogP contribution is 2.16. The highest BCUT2D eigenvalue weighted by atomic mass is 32.2. The van der Waals surface area contributed by atoms with Gasteiger partial charge in [-0.15, -0.1) is 0 Å². The van der Waals surface area contributed by atoms with Crippen LogP contribution in [0.25, 0.3) is 0 Å². The second-order valence-corrected chi connectivity index (χ2v) is 7.01. The lowest BCUT2D eigenvalue weighted by molar-refractivity contribution is -0.121. The van der Waals surface area contributed by atoms with Crippen molar-refractivity contribution in [3.8, 4) is 0 Å². The molecule has 19 heavy (non-hydrogen) atoms. The zero-order valence-corrected chi connectivity index (χ0v) is 12.7. The number of carbonyl (C=O) groups is 1. The SMILES string of the molecule is CCC(C)(C)NC(=O)C(C)S(=O)c1cccc(N)c1. The summed E-state index contributed by atoms with van der Waals surface area (Å²) in [5.74, 6) is -0.201. The first-order chi connectivity index (χ1) is 8.76. The normalized spacial score (nSPS) is 14.7. The Hall–Kier alpha value is -1.36. The zero-order valence-electron chi connectivity index (χ0n) is 11.9. The third kappa shape index (κ3) is 4.35. The molecule has 4 nitrogen and oxygen atoms in total. The smallest absolute Gasteiger partial charge is 0.236 e. The molecule has 0 radical (unpaired) electrons. The number of rotatable bonds is 5. The molecule has 0 saturated heterocycles. The van der Waals surface area contributed by atoms with Crippen molar-refractivity contribution < 1.29 is 9.00 Å². The summed E-state index contributed by atoms with van der Waals surface area (Å²) in [4.78, 5) is 12.7. The number of hydrogen-bond acceptors (Lipinski definition) is 3. The van der Waals surface area contributed by atoms with Crippen LogP contribution in [0.2, 0.25) is 0 Å². The third-order valence-corrected chi connectivity index (χ3v) is 4.70. The fraction of sp³-hybridized carbons (Fsp3) is 0.500. The Morgan fingerprint density at radius 2 is 2.11 bits per heavy atom. The van der Waals surface area contributed by atoms with Gasteiger partial charge in [0.25, 0.3) is 0 Å². The predicted molar refractivity (Wildman–Crippen MR) is 79.2 cm³/mol. The molecule has 1 aromatic carbocycles. The molecule has 0 spiro atoms. The Balaban J connectivity index is 2.80. The zero-order chi connectivity index (χ0) is 14.6. The molecule has 3 N–H and O–H groups in total. The van der Waals surface area contributed by atoms with Crippen molar-refractivity contribution in [1.82, 2.24) is 5.32 Å². The van der Waals surface area contributed by atoms with Crippen molar-refractivity contribution in [2.45, 2.75) is 49.8 Å². The maximum absolute atomic E-state index is 12.3. The molecule has 2 atom stereocenters. The number of nitrogens with two attached hydrogens (primary N) is 1. The van der Waals surface area contributed by atoms with Crippen molar-refractivity contribution >= 4 is 22.4 Å². The van der Waals surface area contributed by atoms with Crippen LogP contribution in [-0.4, -0.2) is 20.9 Å². The molecule has 0 aliphatic rings. The van der Waals surface area contributed by atoms with Gasteiger partial charge >= 0.3 is 0 Å². The van der Waals surface area contributed by atoms with Gasteiger partial charge in [0.1, 0.15) is 5.25 Å². The second kappa shape index (κ2) is 6.19. The van der Waals surface area contributed by atoms with Crippen LogP contribution in [0, 0.1) is 0 Å². The van der Waals surface area contributed by atoms with Crippen molar-refractivity contribution in [2.24, 2.45) is 0 Å². The van der Waals surface area contributed by atoms with Gasteiger partial charge in [-0.1, -0.05) is 13.0 Å². The lowest BCUT2D eigenvalue weighted by atomic mass is 10.0. The quantitative estimate of drug-likeness (QED) is 0.812. The summed E-state index contributed by atoms with van der Waals surface area (Å²) in [6.45, 7) is 7.56. The number of carbonyl (C=O) groups excluding carboxylic acids is 1. The van der Waals surface area contributed by atoms with Gasteiger partial charge in [-0.05, 0) is 45.4 Å². The standard InChI is InChI=1S/C14H22N2O2S/c1-5-14(3,4)16-13(17)10(2)19(18)12-8-6-7-11(15)9-12/h6-10H,5,15H2,1-4H3,(H,16,17). The summed E-state index contributed by atoms with van der Waals surface area (Å²) >= 11 is 0. The van der Waals surface area contributed by atoms with Crippen molar-refractivity contribution in [3.63, 3.8) is 0 Å². The molecule has 0 aromatic heterocycles. The largest absolute Gasteiger partial charge is 0.399 e. The predicted octanol–water partition coefficient (Wildman–Crippen LogP) is 2.07. The average molecular weight is 282 g/mol. The van der Waals surface area contributed by atoms with E-state index in [4.69, 9.17) is 5.73 Å². The van der Waals surface area contributed by atoms with Gasteiger partial charge < -0.3 is 11.1 Å². The highest BCUT2D eigenvalue weighted by molar-refractivity contribution is 7.86. The lowest BCUT2D eigenvalue weighted by Gasteiger charge is -2.26. The Morgan fingerprint density at radius 3 is 2.63 bits per heavy atom. The minimum atomic E-state index is -1.40. The number of hydrogen-bond donors (Lipinski definition) is 2. The Morgan fingerprint density at radius 1 is 1.47 bits per heavy atom. The van der Waals surface area contributed by atoms with E-state index in [9.17, 15) is 9.00 Å². The summed E-state index contributed by atoms with van der Waals surface area (Å²) in [5.41, 5.74) is 5.92. The van der Waals surface area contributed by atoms with Gasteiger partial charge in [-0.2, -0.15) is 0 Å². The lowest BCUT2D eigenvalue weighted by Crippen LogP contribution is -2.47. The van der Waals surface area contributed by atoms with Crippen LogP contribution in [0.15, 0.2) is 29.2 Å². The minimum Gasteiger partial charge on any atom is -0.399 e. The maximum Gasteiger partial charge on any atom is 0.236 e. The fourth-order valence-electron chi connectivity index (χ4n) is 1.46. The summed E-state index contributed by atoms with van der Waals surface area (Å²) in [6.07, 6.45) is 0.816. The molecule has 0 fully saturated rings.